The van der Waals surface area contributed by atoms with Gasteiger partial charge < -0.3 is 4.74 Å². The molecule has 0 spiro atoms. The Kier molecular flexibility index (Phi) is 7.32. The lowest BCUT2D eigenvalue weighted by atomic mass is 10.3. The molecule has 1 aliphatic heterocycles. The van der Waals surface area contributed by atoms with Gasteiger partial charge in [0.15, 0.2) is 20.8 Å². The standard InChI is InChI=1S/C22H23F2N3O4S2/c23-16-14-18(24)21-19(15-16)32-22(25-21)27(8-7-26-9-11-31-12-10-26)20(28)6-13-33(29,30)17-4-2-1-3-5-17/h1-5,14-15H,6-13H2. The number of anilines is 1. The predicted octanol–water partition coefficient (Wildman–Crippen LogP) is 3.10. The molecule has 0 radical (unpaired) electrons. The predicted molar refractivity (Wildman–Crippen MR) is 122 cm³/mol. The Balaban J connectivity index is 1.55. The van der Waals surface area contributed by atoms with Crippen LogP contribution in [0.4, 0.5) is 13.9 Å². The highest BCUT2D eigenvalue weighted by atomic mass is 32.2. The number of amides is 1. The van der Waals surface area contributed by atoms with Crippen molar-refractivity contribution in [1.29, 1.82) is 0 Å². The number of fused-ring (bicyclic) bond motifs is 1. The minimum Gasteiger partial charge on any atom is -0.379 e. The van der Waals surface area contributed by atoms with E-state index in [2.05, 4.69) is 9.88 Å². The molecule has 1 fully saturated rings. The first kappa shape index (κ1) is 23.7. The van der Waals surface area contributed by atoms with Gasteiger partial charge in [0, 0.05) is 38.7 Å². The lowest BCUT2D eigenvalue weighted by Gasteiger charge is -2.29. The molecular formula is C22H23F2N3O4S2. The Labute approximate surface area is 194 Å². The summed E-state index contributed by atoms with van der Waals surface area (Å²) in [7, 11) is -3.64. The third-order valence-corrected chi connectivity index (χ3v) is 8.12. The van der Waals surface area contributed by atoms with E-state index in [-0.39, 0.29) is 39.0 Å². The van der Waals surface area contributed by atoms with Gasteiger partial charge in [0.25, 0.3) is 0 Å². The van der Waals surface area contributed by atoms with Crippen molar-refractivity contribution < 1.29 is 26.7 Å². The number of ether oxygens (including phenoxy) is 1. The number of morpholine rings is 1. The molecule has 2 heterocycles. The van der Waals surface area contributed by atoms with Crippen LogP contribution in [0.25, 0.3) is 10.2 Å². The Bertz CT molecular complexity index is 1230. The van der Waals surface area contributed by atoms with E-state index in [0.29, 0.717) is 32.8 Å². The third kappa shape index (κ3) is 5.72. The molecule has 1 aromatic heterocycles. The molecule has 4 rings (SSSR count). The molecule has 176 valence electrons. The zero-order valence-corrected chi connectivity index (χ0v) is 19.4. The minimum atomic E-state index is -3.64. The van der Waals surface area contributed by atoms with E-state index in [9.17, 15) is 22.0 Å². The Morgan fingerprint density at radius 1 is 1.15 bits per heavy atom. The van der Waals surface area contributed by atoms with Crippen LogP contribution in [0.3, 0.4) is 0 Å². The highest BCUT2D eigenvalue weighted by Crippen LogP contribution is 2.31. The SMILES string of the molecule is O=C(CCS(=O)(=O)c1ccccc1)N(CCN1CCOCC1)c1nc2c(F)cc(F)cc2s1. The number of rotatable bonds is 8. The number of sulfone groups is 1. The second-order valence-electron chi connectivity index (χ2n) is 7.61. The molecule has 33 heavy (non-hydrogen) atoms. The zero-order valence-electron chi connectivity index (χ0n) is 17.7. The van der Waals surface area contributed by atoms with Crippen LogP contribution in [-0.2, 0) is 19.4 Å². The smallest absolute Gasteiger partial charge is 0.229 e. The molecule has 0 aliphatic carbocycles. The normalized spacial score (nSPS) is 15.1. The Morgan fingerprint density at radius 3 is 2.61 bits per heavy atom. The van der Waals surface area contributed by atoms with E-state index in [4.69, 9.17) is 4.74 Å². The van der Waals surface area contributed by atoms with E-state index in [0.717, 1.165) is 17.4 Å². The lowest BCUT2D eigenvalue weighted by Crippen LogP contribution is -2.43. The molecule has 0 unspecified atom stereocenters. The third-order valence-electron chi connectivity index (χ3n) is 5.36. The molecule has 0 saturated carbocycles. The van der Waals surface area contributed by atoms with Gasteiger partial charge in [-0.1, -0.05) is 29.5 Å². The van der Waals surface area contributed by atoms with Gasteiger partial charge in [-0.15, -0.1) is 0 Å². The first-order valence-electron chi connectivity index (χ1n) is 10.5. The summed E-state index contributed by atoms with van der Waals surface area (Å²) in [5, 5.41) is 0.213. The number of nitrogens with zero attached hydrogens (tertiary/aromatic N) is 3. The average molecular weight is 496 g/mol. The number of hydrogen-bond donors (Lipinski definition) is 0. The molecule has 1 saturated heterocycles. The summed E-state index contributed by atoms with van der Waals surface area (Å²) in [5.41, 5.74) is -0.0162. The van der Waals surface area contributed by atoms with Crippen molar-refractivity contribution in [3.63, 3.8) is 0 Å². The first-order chi connectivity index (χ1) is 15.8. The quantitative estimate of drug-likeness (QED) is 0.478. The molecule has 11 heteroatoms. The van der Waals surface area contributed by atoms with Crippen molar-refractivity contribution in [2.24, 2.45) is 0 Å². The van der Waals surface area contributed by atoms with Gasteiger partial charge in [-0.2, -0.15) is 0 Å². The lowest BCUT2D eigenvalue weighted by molar-refractivity contribution is -0.118. The van der Waals surface area contributed by atoms with Gasteiger partial charge in [0.05, 0.1) is 28.6 Å². The molecule has 2 aromatic carbocycles. The number of aromatic nitrogens is 1. The maximum Gasteiger partial charge on any atom is 0.229 e. The fraction of sp³-hybridized carbons (Fsp3) is 0.364. The van der Waals surface area contributed by atoms with Gasteiger partial charge in [-0.25, -0.2) is 22.2 Å². The Hall–Kier alpha value is -2.47. The second kappa shape index (κ2) is 10.2. The number of carbonyl (C=O) groups excluding carboxylic acids is 1. The highest BCUT2D eigenvalue weighted by Gasteiger charge is 2.25. The van der Waals surface area contributed by atoms with Crippen molar-refractivity contribution in [2.45, 2.75) is 11.3 Å². The van der Waals surface area contributed by atoms with Gasteiger partial charge >= 0.3 is 0 Å². The Morgan fingerprint density at radius 2 is 1.88 bits per heavy atom. The fourth-order valence-electron chi connectivity index (χ4n) is 3.56. The monoisotopic (exact) mass is 495 g/mol. The zero-order chi connectivity index (χ0) is 23.4. The van der Waals surface area contributed by atoms with Crippen LogP contribution in [0.1, 0.15) is 6.42 Å². The summed E-state index contributed by atoms with van der Waals surface area (Å²) in [4.78, 5) is 21.0. The average Bonchev–Trinajstić information content (AvgIpc) is 3.23. The summed E-state index contributed by atoms with van der Waals surface area (Å²) in [6, 6.07) is 9.85. The number of benzene rings is 2. The molecule has 0 atom stereocenters. The van der Waals surface area contributed by atoms with Crippen molar-refractivity contribution >= 4 is 42.4 Å². The van der Waals surface area contributed by atoms with Crippen molar-refractivity contribution in [3.8, 4) is 0 Å². The largest absolute Gasteiger partial charge is 0.379 e. The summed E-state index contributed by atoms with van der Waals surface area (Å²) in [5.74, 6) is -2.34. The van der Waals surface area contributed by atoms with Crippen molar-refractivity contribution in [2.75, 3.05) is 50.0 Å². The van der Waals surface area contributed by atoms with Gasteiger partial charge in [-0.3, -0.25) is 14.6 Å². The highest BCUT2D eigenvalue weighted by molar-refractivity contribution is 7.91. The molecule has 3 aromatic rings. The van der Waals surface area contributed by atoms with E-state index in [1.54, 1.807) is 18.2 Å². The van der Waals surface area contributed by atoms with Crippen LogP contribution in [-0.4, -0.2) is 69.4 Å². The van der Waals surface area contributed by atoms with Crippen LogP contribution in [0.5, 0.6) is 0 Å². The topological polar surface area (TPSA) is 79.8 Å². The van der Waals surface area contributed by atoms with E-state index in [1.165, 1.54) is 23.1 Å². The summed E-state index contributed by atoms with van der Waals surface area (Å²) in [6.07, 6.45) is -0.257. The molecule has 1 amide bonds. The van der Waals surface area contributed by atoms with Crippen LogP contribution in [0, 0.1) is 11.6 Å². The summed E-state index contributed by atoms with van der Waals surface area (Å²) in [6.45, 7) is 3.37. The van der Waals surface area contributed by atoms with E-state index in [1.807, 2.05) is 0 Å². The van der Waals surface area contributed by atoms with Gasteiger partial charge in [0.2, 0.25) is 5.91 Å². The van der Waals surface area contributed by atoms with Crippen LogP contribution < -0.4 is 4.90 Å². The second-order valence-corrected chi connectivity index (χ2v) is 10.7. The van der Waals surface area contributed by atoms with Gasteiger partial charge in [0.1, 0.15) is 11.3 Å². The number of halogens is 2. The first-order valence-corrected chi connectivity index (χ1v) is 12.9. The molecular weight excluding hydrogens is 472 g/mol. The number of hydrogen-bond acceptors (Lipinski definition) is 7. The fourth-order valence-corrected chi connectivity index (χ4v) is 5.86. The number of thiazole rings is 1. The van der Waals surface area contributed by atoms with E-state index >= 15 is 0 Å². The van der Waals surface area contributed by atoms with Crippen molar-refractivity contribution in [3.05, 3.63) is 54.1 Å². The molecule has 0 N–H and O–H groups in total. The number of carbonyl (C=O) groups is 1. The van der Waals surface area contributed by atoms with Crippen LogP contribution in [0.15, 0.2) is 47.4 Å². The summed E-state index contributed by atoms with van der Waals surface area (Å²) >= 11 is 1.000. The molecule has 1 aliphatic rings. The van der Waals surface area contributed by atoms with Crippen LogP contribution >= 0.6 is 11.3 Å². The van der Waals surface area contributed by atoms with Crippen molar-refractivity contribution in [1.82, 2.24) is 9.88 Å². The minimum absolute atomic E-state index is 0.0162. The summed E-state index contributed by atoms with van der Waals surface area (Å²) < 4.78 is 58.7. The maximum atomic E-state index is 14.2. The van der Waals surface area contributed by atoms with E-state index < -0.39 is 27.4 Å². The van der Waals surface area contributed by atoms with Gasteiger partial charge in [-0.05, 0) is 18.2 Å². The van der Waals surface area contributed by atoms with Crippen LogP contribution in [0.2, 0.25) is 0 Å². The molecule has 0 bridgehead atoms. The molecule has 7 nitrogen and oxygen atoms in total. The maximum absolute atomic E-state index is 14.2.